The minimum absolute atomic E-state index is 0.507. The van der Waals surface area contributed by atoms with Gasteiger partial charge in [0.2, 0.25) is 0 Å². The van der Waals surface area contributed by atoms with Gasteiger partial charge in [0.25, 0.3) is 0 Å². The first kappa shape index (κ1) is 13.8. The molecule has 102 valence electrons. The Hall–Kier alpha value is -1.61. The summed E-state index contributed by atoms with van der Waals surface area (Å²) in [5, 5.41) is 10.7. The molecule has 0 bridgehead atoms. The molecule has 0 fully saturated rings. The van der Waals surface area contributed by atoms with Gasteiger partial charge in [-0.05, 0) is 49.6 Å². The molecule has 3 nitrogen and oxygen atoms in total. The van der Waals surface area contributed by atoms with Gasteiger partial charge in [-0.3, -0.25) is 4.98 Å². The van der Waals surface area contributed by atoms with Gasteiger partial charge in [-0.15, -0.1) is 0 Å². The normalized spacial score (nSPS) is 12.9. The average Bonchev–Trinajstić information content (AvgIpc) is 2.36. The number of hydrogen-bond donors (Lipinski definition) is 1. The van der Waals surface area contributed by atoms with Crippen LogP contribution in [0.1, 0.15) is 38.1 Å². The number of benzene rings is 1. The van der Waals surface area contributed by atoms with Crippen LogP contribution in [0.4, 0.5) is 0 Å². The molecule has 1 unspecified atom stereocenters. The molecule has 1 heterocycles. The maximum absolute atomic E-state index is 9.62. The van der Waals surface area contributed by atoms with E-state index in [1.165, 1.54) is 0 Å². The van der Waals surface area contributed by atoms with Gasteiger partial charge in [-0.25, -0.2) is 0 Å². The molecule has 2 aromatic rings. The standard InChI is InChI=1S/C16H21NO2/c1-10(2)9-19-13-5-6-15-14(8-13)11(3)7-16(17-15)12(4)18/h5-8,10,12,18H,9H2,1-4H3. The van der Waals surface area contributed by atoms with Crippen molar-refractivity contribution in [2.75, 3.05) is 6.61 Å². The molecule has 0 saturated heterocycles. The summed E-state index contributed by atoms with van der Waals surface area (Å²) in [4.78, 5) is 4.47. The van der Waals surface area contributed by atoms with Crippen molar-refractivity contribution in [1.29, 1.82) is 0 Å². The van der Waals surface area contributed by atoms with E-state index in [-0.39, 0.29) is 0 Å². The van der Waals surface area contributed by atoms with Crippen LogP contribution in [0.15, 0.2) is 24.3 Å². The Morgan fingerprint density at radius 2 is 1.95 bits per heavy atom. The fourth-order valence-corrected chi connectivity index (χ4v) is 1.97. The van der Waals surface area contributed by atoms with Crippen LogP contribution in [0.2, 0.25) is 0 Å². The highest BCUT2D eigenvalue weighted by molar-refractivity contribution is 5.83. The number of ether oxygens (including phenoxy) is 1. The zero-order valence-electron chi connectivity index (χ0n) is 12.0. The van der Waals surface area contributed by atoms with Crippen LogP contribution >= 0.6 is 0 Å². The van der Waals surface area contributed by atoms with Crippen LogP contribution in [0, 0.1) is 12.8 Å². The molecule has 1 N–H and O–H groups in total. The van der Waals surface area contributed by atoms with Gasteiger partial charge in [-0.1, -0.05) is 13.8 Å². The molecule has 0 spiro atoms. The number of aliphatic hydroxyl groups is 1. The van der Waals surface area contributed by atoms with Gasteiger partial charge in [0.15, 0.2) is 0 Å². The monoisotopic (exact) mass is 259 g/mol. The van der Waals surface area contributed by atoms with Crippen LogP contribution in [-0.4, -0.2) is 16.7 Å². The molecule has 0 amide bonds. The zero-order chi connectivity index (χ0) is 14.0. The first-order valence-electron chi connectivity index (χ1n) is 6.69. The largest absolute Gasteiger partial charge is 0.493 e. The lowest BCUT2D eigenvalue weighted by Crippen LogP contribution is -2.04. The third-order valence-corrected chi connectivity index (χ3v) is 3.02. The van der Waals surface area contributed by atoms with Gasteiger partial charge >= 0.3 is 0 Å². The van der Waals surface area contributed by atoms with E-state index in [1.807, 2.05) is 31.2 Å². The van der Waals surface area contributed by atoms with Crippen molar-refractivity contribution in [3.05, 3.63) is 35.5 Å². The highest BCUT2D eigenvalue weighted by atomic mass is 16.5. The van der Waals surface area contributed by atoms with Crippen LogP contribution in [0.3, 0.4) is 0 Å². The molecular formula is C16H21NO2. The third-order valence-electron chi connectivity index (χ3n) is 3.02. The van der Waals surface area contributed by atoms with Crippen LogP contribution < -0.4 is 4.74 Å². The molecule has 19 heavy (non-hydrogen) atoms. The number of aliphatic hydroxyl groups excluding tert-OH is 1. The van der Waals surface area contributed by atoms with Crippen LogP contribution in [0.25, 0.3) is 10.9 Å². The predicted octanol–water partition coefficient (Wildman–Crippen LogP) is 3.63. The number of nitrogens with zero attached hydrogens (tertiary/aromatic N) is 1. The zero-order valence-corrected chi connectivity index (χ0v) is 12.0. The summed E-state index contributed by atoms with van der Waals surface area (Å²) in [6.45, 7) is 8.73. The van der Waals surface area contributed by atoms with Crippen LogP contribution in [-0.2, 0) is 0 Å². The number of rotatable bonds is 4. The van der Waals surface area contributed by atoms with E-state index >= 15 is 0 Å². The van der Waals surface area contributed by atoms with Crippen molar-refractivity contribution in [3.63, 3.8) is 0 Å². The van der Waals surface area contributed by atoms with E-state index in [0.29, 0.717) is 18.2 Å². The maximum atomic E-state index is 9.62. The predicted molar refractivity (Wildman–Crippen MR) is 77.4 cm³/mol. The molecule has 3 heteroatoms. The molecular weight excluding hydrogens is 238 g/mol. The molecule has 0 radical (unpaired) electrons. The Balaban J connectivity index is 2.38. The molecule has 2 rings (SSSR count). The Morgan fingerprint density at radius 1 is 1.21 bits per heavy atom. The molecule has 1 atom stereocenters. The Bertz CT molecular complexity index is 576. The molecule has 0 saturated carbocycles. The Morgan fingerprint density at radius 3 is 2.58 bits per heavy atom. The van der Waals surface area contributed by atoms with Crippen molar-refractivity contribution in [1.82, 2.24) is 4.98 Å². The number of pyridine rings is 1. The summed E-state index contributed by atoms with van der Waals surface area (Å²) in [5.41, 5.74) is 2.71. The minimum Gasteiger partial charge on any atom is -0.493 e. The van der Waals surface area contributed by atoms with Gasteiger partial charge < -0.3 is 9.84 Å². The topological polar surface area (TPSA) is 42.4 Å². The summed E-state index contributed by atoms with van der Waals surface area (Å²) in [5.74, 6) is 1.38. The number of aromatic nitrogens is 1. The molecule has 0 aliphatic rings. The fraction of sp³-hybridized carbons (Fsp3) is 0.438. The van der Waals surface area contributed by atoms with E-state index in [9.17, 15) is 5.11 Å². The molecule has 0 aliphatic carbocycles. The summed E-state index contributed by atoms with van der Waals surface area (Å²) in [7, 11) is 0. The van der Waals surface area contributed by atoms with Crippen LogP contribution in [0.5, 0.6) is 5.75 Å². The van der Waals surface area contributed by atoms with Gasteiger partial charge in [-0.2, -0.15) is 0 Å². The summed E-state index contributed by atoms with van der Waals surface area (Å²) < 4.78 is 5.73. The number of aryl methyl sites for hydroxylation is 1. The van der Waals surface area contributed by atoms with E-state index in [2.05, 4.69) is 18.8 Å². The van der Waals surface area contributed by atoms with Gasteiger partial charge in [0, 0.05) is 5.39 Å². The van der Waals surface area contributed by atoms with Gasteiger partial charge in [0.05, 0.1) is 23.9 Å². The Kier molecular flexibility index (Phi) is 4.05. The number of fused-ring (bicyclic) bond motifs is 1. The maximum Gasteiger partial charge on any atom is 0.120 e. The second-order valence-electron chi connectivity index (χ2n) is 5.42. The fourth-order valence-electron chi connectivity index (χ4n) is 1.97. The molecule has 1 aromatic heterocycles. The van der Waals surface area contributed by atoms with Crippen molar-refractivity contribution in [2.45, 2.75) is 33.8 Å². The quantitative estimate of drug-likeness (QED) is 0.911. The first-order chi connectivity index (χ1) is 8.97. The van der Waals surface area contributed by atoms with Crippen molar-refractivity contribution >= 4 is 10.9 Å². The number of hydrogen-bond acceptors (Lipinski definition) is 3. The first-order valence-corrected chi connectivity index (χ1v) is 6.69. The lowest BCUT2D eigenvalue weighted by molar-refractivity contribution is 0.194. The Labute approximate surface area is 114 Å². The second-order valence-corrected chi connectivity index (χ2v) is 5.42. The summed E-state index contributed by atoms with van der Waals surface area (Å²) >= 11 is 0. The lowest BCUT2D eigenvalue weighted by atomic mass is 10.1. The summed E-state index contributed by atoms with van der Waals surface area (Å²) in [6, 6.07) is 7.83. The van der Waals surface area contributed by atoms with E-state index in [4.69, 9.17) is 4.74 Å². The van der Waals surface area contributed by atoms with Crippen molar-refractivity contribution in [2.24, 2.45) is 5.92 Å². The third kappa shape index (κ3) is 3.24. The van der Waals surface area contributed by atoms with E-state index < -0.39 is 6.10 Å². The average molecular weight is 259 g/mol. The highest BCUT2D eigenvalue weighted by Crippen LogP contribution is 2.25. The minimum atomic E-state index is -0.542. The van der Waals surface area contributed by atoms with Crippen molar-refractivity contribution < 1.29 is 9.84 Å². The smallest absolute Gasteiger partial charge is 0.120 e. The SMILES string of the molecule is Cc1cc(C(C)O)nc2ccc(OCC(C)C)cc12. The van der Waals surface area contributed by atoms with E-state index in [0.717, 1.165) is 22.2 Å². The van der Waals surface area contributed by atoms with Gasteiger partial charge in [0.1, 0.15) is 5.75 Å². The van der Waals surface area contributed by atoms with Crippen molar-refractivity contribution in [3.8, 4) is 5.75 Å². The molecule has 0 aliphatic heterocycles. The lowest BCUT2D eigenvalue weighted by Gasteiger charge is -2.12. The second kappa shape index (κ2) is 5.57. The highest BCUT2D eigenvalue weighted by Gasteiger charge is 2.08. The summed E-state index contributed by atoms with van der Waals surface area (Å²) in [6.07, 6.45) is -0.542. The molecule has 1 aromatic carbocycles. The van der Waals surface area contributed by atoms with E-state index in [1.54, 1.807) is 6.92 Å².